The second kappa shape index (κ2) is 9.58. The Balaban J connectivity index is 1.64. The molecule has 2 aromatic rings. The van der Waals surface area contributed by atoms with Gasteiger partial charge in [-0.1, -0.05) is 41.5 Å². The fourth-order valence-electron chi connectivity index (χ4n) is 4.11. The van der Waals surface area contributed by atoms with Crippen molar-refractivity contribution in [1.82, 2.24) is 9.55 Å². The Morgan fingerprint density at radius 2 is 1.92 bits per heavy atom. The highest BCUT2D eigenvalue weighted by Crippen LogP contribution is 2.58. The molecule has 0 bridgehead atoms. The maximum absolute atomic E-state index is 15.8. The third kappa shape index (κ3) is 5.25. The molecule has 1 aromatic carbocycles. The van der Waals surface area contributed by atoms with Crippen molar-refractivity contribution in [2.45, 2.75) is 83.2 Å². The van der Waals surface area contributed by atoms with Crippen LogP contribution in [0.3, 0.4) is 0 Å². The number of hydrogen-bond donors (Lipinski definition) is 3. The molecule has 4 rings (SSSR count). The molecule has 1 aromatic heterocycles. The maximum atomic E-state index is 15.8. The standard InChI is InChI=1S/C24H31F2N2O8PS/c1-22(2,3)13-9-14(23(4,5)6)18-12(16(13)25)10-33-37(32,36-18)34-11-24(26)19(31)17(30)20(35-24)28-8-7-15(29)27-21(28)38/h7-9,17,19-20,30-31H,10-11H2,1-6H3,(H,27,29,38)/t17-,19+,20-,24-,37?/m1/s1/i20D. The summed E-state index contributed by atoms with van der Waals surface area (Å²) in [5.74, 6) is -3.93. The van der Waals surface area contributed by atoms with Gasteiger partial charge in [-0.05, 0) is 34.7 Å². The number of fused-ring (bicyclic) bond motifs is 1. The van der Waals surface area contributed by atoms with Crippen molar-refractivity contribution in [2.75, 3.05) is 6.61 Å². The Bertz CT molecular complexity index is 1470. The number of aliphatic hydroxyl groups excluding tert-OH is 2. The largest absolute Gasteiger partial charge is 0.530 e. The zero-order valence-corrected chi connectivity index (χ0v) is 23.4. The van der Waals surface area contributed by atoms with E-state index in [2.05, 4.69) is 4.98 Å². The normalized spacial score (nSPS) is 32.0. The fourth-order valence-corrected chi connectivity index (χ4v) is 5.59. The van der Waals surface area contributed by atoms with Crippen molar-refractivity contribution in [1.29, 1.82) is 0 Å². The number of ether oxygens (including phenoxy) is 1. The highest BCUT2D eigenvalue weighted by atomic mass is 32.1. The predicted molar refractivity (Wildman–Crippen MR) is 135 cm³/mol. The van der Waals surface area contributed by atoms with E-state index in [4.69, 9.17) is 31.9 Å². The molecule has 10 nitrogen and oxygen atoms in total. The number of nitrogens with zero attached hydrogens (tertiary/aromatic N) is 1. The minimum atomic E-state index is -4.60. The van der Waals surface area contributed by atoms with Crippen LogP contribution in [-0.4, -0.2) is 44.4 Å². The first-order valence-electron chi connectivity index (χ1n) is 12.2. The Hall–Kier alpha value is -1.99. The number of halogens is 2. The topological polar surface area (TPSA) is 132 Å². The van der Waals surface area contributed by atoms with Gasteiger partial charge in [0.15, 0.2) is 11.0 Å². The lowest BCUT2D eigenvalue weighted by molar-refractivity contribution is -0.205. The van der Waals surface area contributed by atoms with Gasteiger partial charge in [0.2, 0.25) is 0 Å². The number of nitrogens with one attached hydrogen (secondary N) is 1. The summed E-state index contributed by atoms with van der Waals surface area (Å²) in [6, 6.07) is 2.59. The molecule has 5 atom stereocenters. The SMILES string of the molecule is [2H][C@@]1(n2ccc(=O)[nH]c2=S)O[C@](F)(COP2(=O)OCc3c(F)c(C(C)(C)C)cc(C(C)(C)C)c3O2)[C@@H](O)[C@H]1O. The van der Waals surface area contributed by atoms with Crippen LogP contribution >= 0.6 is 20.0 Å². The van der Waals surface area contributed by atoms with E-state index < -0.39 is 67.5 Å². The zero-order chi connectivity index (χ0) is 29.3. The Labute approximate surface area is 224 Å². The minimum absolute atomic E-state index is 0.0302. The molecule has 210 valence electrons. The van der Waals surface area contributed by atoms with E-state index in [9.17, 15) is 19.6 Å². The molecular formula is C24H31F2N2O8PS. The van der Waals surface area contributed by atoms with Crippen molar-refractivity contribution in [2.24, 2.45) is 0 Å². The summed E-state index contributed by atoms with van der Waals surface area (Å²) in [6.45, 7) is 9.29. The third-order valence-corrected chi connectivity index (χ3v) is 7.84. The van der Waals surface area contributed by atoms with Gasteiger partial charge in [-0.25, -0.2) is 13.3 Å². The summed E-state index contributed by atoms with van der Waals surface area (Å²) in [7, 11) is -4.60. The van der Waals surface area contributed by atoms with Crippen LogP contribution in [0.15, 0.2) is 23.1 Å². The van der Waals surface area contributed by atoms with Crippen molar-refractivity contribution in [3.8, 4) is 5.75 Å². The molecule has 1 saturated heterocycles. The van der Waals surface area contributed by atoms with E-state index in [-0.39, 0.29) is 16.1 Å². The monoisotopic (exact) mass is 577 g/mol. The molecular weight excluding hydrogens is 545 g/mol. The van der Waals surface area contributed by atoms with E-state index >= 15 is 8.78 Å². The number of phosphoric ester groups is 1. The van der Waals surface area contributed by atoms with Crippen molar-refractivity contribution >= 4 is 20.0 Å². The van der Waals surface area contributed by atoms with Crippen molar-refractivity contribution in [3.05, 3.63) is 56.0 Å². The first-order valence-corrected chi connectivity index (χ1v) is 13.6. The molecule has 3 N–H and O–H groups in total. The molecule has 0 aliphatic carbocycles. The smallest absolute Gasteiger partial charge is 0.403 e. The van der Waals surface area contributed by atoms with Gasteiger partial charge in [-0.3, -0.25) is 23.4 Å². The van der Waals surface area contributed by atoms with E-state index in [1.165, 1.54) is 0 Å². The molecule has 38 heavy (non-hydrogen) atoms. The summed E-state index contributed by atoms with van der Waals surface area (Å²) in [5, 5.41) is 20.9. The number of rotatable bonds is 4. The average molecular weight is 578 g/mol. The number of hydrogen-bond acceptors (Lipinski definition) is 9. The summed E-state index contributed by atoms with van der Waals surface area (Å²) < 4.78 is 74.5. The minimum Gasteiger partial charge on any atom is -0.403 e. The molecule has 2 aliphatic rings. The summed E-state index contributed by atoms with van der Waals surface area (Å²) >= 11 is 4.97. The van der Waals surface area contributed by atoms with Gasteiger partial charge in [0.05, 0.1) is 13.5 Å². The van der Waals surface area contributed by atoms with Crippen LogP contribution in [0, 0.1) is 10.6 Å². The second-order valence-electron chi connectivity index (χ2n) is 11.3. The lowest BCUT2D eigenvalue weighted by Crippen LogP contribution is -2.43. The molecule has 2 aliphatic heterocycles. The molecule has 0 amide bonds. The van der Waals surface area contributed by atoms with Crippen LogP contribution in [0.2, 0.25) is 0 Å². The quantitative estimate of drug-likeness (QED) is 0.360. The third-order valence-electron chi connectivity index (χ3n) is 6.24. The number of aromatic nitrogens is 2. The summed E-state index contributed by atoms with van der Waals surface area (Å²) in [6.07, 6.45) is -6.32. The number of benzene rings is 1. The number of aromatic amines is 1. The highest BCUT2D eigenvalue weighted by molar-refractivity contribution is 7.71. The molecule has 0 radical (unpaired) electrons. The first-order chi connectivity index (χ1) is 17.7. The van der Waals surface area contributed by atoms with Crippen LogP contribution in [-0.2, 0) is 35.8 Å². The van der Waals surface area contributed by atoms with E-state index in [0.29, 0.717) is 11.1 Å². The van der Waals surface area contributed by atoms with Crippen LogP contribution in [0.25, 0.3) is 0 Å². The van der Waals surface area contributed by atoms with Gasteiger partial charge in [-0.2, -0.15) is 0 Å². The second-order valence-corrected chi connectivity index (χ2v) is 13.3. The van der Waals surface area contributed by atoms with Gasteiger partial charge in [0, 0.05) is 17.8 Å². The molecule has 1 fully saturated rings. The lowest BCUT2D eigenvalue weighted by Gasteiger charge is -2.34. The lowest BCUT2D eigenvalue weighted by atomic mass is 9.78. The van der Waals surface area contributed by atoms with Crippen molar-refractivity contribution < 1.29 is 43.2 Å². The average Bonchev–Trinajstić information content (AvgIpc) is 2.97. The van der Waals surface area contributed by atoms with Gasteiger partial charge < -0.3 is 19.5 Å². The summed E-state index contributed by atoms with van der Waals surface area (Å²) in [5.41, 5.74) is -0.808. The van der Waals surface area contributed by atoms with Gasteiger partial charge >= 0.3 is 7.82 Å². The van der Waals surface area contributed by atoms with Crippen LogP contribution in [0.5, 0.6) is 5.75 Å². The van der Waals surface area contributed by atoms with Gasteiger partial charge in [0.1, 0.15) is 30.4 Å². The molecule has 14 heteroatoms. The summed E-state index contributed by atoms with van der Waals surface area (Å²) in [4.78, 5) is 13.7. The van der Waals surface area contributed by atoms with Crippen molar-refractivity contribution in [3.63, 3.8) is 0 Å². The van der Waals surface area contributed by atoms with Gasteiger partial charge in [0.25, 0.3) is 11.4 Å². The Morgan fingerprint density at radius 3 is 2.50 bits per heavy atom. The number of alkyl halides is 1. The van der Waals surface area contributed by atoms with E-state index in [1.54, 1.807) is 6.07 Å². The predicted octanol–water partition coefficient (Wildman–Crippen LogP) is 4.29. The molecule has 1 unspecified atom stereocenters. The Kier molecular flexibility index (Phi) is 6.95. The number of phosphoric acid groups is 1. The zero-order valence-electron chi connectivity index (χ0n) is 22.7. The Morgan fingerprint density at radius 1 is 1.29 bits per heavy atom. The number of H-pyrrole nitrogens is 1. The van der Waals surface area contributed by atoms with E-state index in [1.807, 2.05) is 41.5 Å². The van der Waals surface area contributed by atoms with Gasteiger partial charge in [-0.15, -0.1) is 0 Å². The molecule has 0 spiro atoms. The fraction of sp³-hybridized carbons (Fsp3) is 0.583. The van der Waals surface area contributed by atoms with Crippen LogP contribution < -0.4 is 10.1 Å². The van der Waals surface area contributed by atoms with E-state index in [0.717, 1.165) is 16.8 Å². The highest BCUT2D eigenvalue weighted by Gasteiger charge is 2.57. The van der Waals surface area contributed by atoms with Crippen LogP contribution in [0.4, 0.5) is 8.78 Å². The molecule has 0 saturated carbocycles. The molecule has 3 heterocycles. The van der Waals surface area contributed by atoms with Crippen LogP contribution in [0.1, 0.15) is 65.8 Å². The first kappa shape index (κ1) is 27.6. The maximum Gasteiger partial charge on any atom is 0.530 e. The number of aliphatic hydroxyl groups is 2.